The van der Waals surface area contributed by atoms with Crippen molar-refractivity contribution in [3.8, 4) is 0 Å². The maximum atomic E-state index is 2.21. The molecule has 0 aliphatic carbocycles. The van der Waals surface area contributed by atoms with Gasteiger partial charge in [0.2, 0.25) is 0 Å². The summed E-state index contributed by atoms with van der Waals surface area (Å²) >= 11 is 0. The van der Waals surface area contributed by atoms with Gasteiger partial charge in [0, 0.05) is 0 Å². The van der Waals surface area contributed by atoms with Crippen molar-refractivity contribution in [2.75, 3.05) is 0 Å². The minimum Gasteiger partial charge on any atom is -0.0913 e. The number of rotatable bonds is 4. The molecule has 0 saturated heterocycles. The molecule has 0 bridgehead atoms. The van der Waals surface area contributed by atoms with E-state index in [1.54, 1.807) is 0 Å². The Morgan fingerprint density at radius 3 is 1.64 bits per heavy atom. The Bertz CT molecular complexity index is 286. The molecule has 1 aromatic rings. The third kappa shape index (κ3) is 3.21. The van der Waals surface area contributed by atoms with E-state index in [0.717, 1.165) is 12.8 Å². The summed E-state index contributed by atoms with van der Waals surface area (Å²) in [6.45, 7) is 4.13. The molecular formula is C14H18. The van der Waals surface area contributed by atoms with E-state index in [4.69, 9.17) is 0 Å². The van der Waals surface area contributed by atoms with E-state index in [2.05, 4.69) is 62.4 Å². The van der Waals surface area contributed by atoms with Crippen LogP contribution in [0.2, 0.25) is 0 Å². The summed E-state index contributed by atoms with van der Waals surface area (Å²) in [5.74, 6) is 0. The van der Waals surface area contributed by atoms with E-state index in [0.29, 0.717) is 0 Å². The van der Waals surface area contributed by atoms with Crippen LogP contribution in [-0.2, 0) is 12.8 Å². The molecule has 74 valence electrons. The summed E-state index contributed by atoms with van der Waals surface area (Å²) in [4.78, 5) is 0. The van der Waals surface area contributed by atoms with Crippen molar-refractivity contribution in [1.29, 1.82) is 0 Å². The lowest BCUT2D eigenvalue weighted by atomic mass is 10.0. The largest absolute Gasteiger partial charge is 0.0913 e. The molecule has 0 saturated carbocycles. The monoisotopic (exact) mass is 186 g/mol. The number of allylic oxidation sites excluding steroid dienone is 4. The topological polar surface area (TPSA) is 0 Å². The van der Waals surface area contributed by atoms with Crippen LogP contribution in [0.5, 0.6) is 0 Å². The van der Waals surface area contributed by atoms with Crippen molar-refractivity contribution in [3.63, 3.8) is 0 Å². The van der Waals surface area contributed by atoms with Crippen molar-refractivity contribution in [2.45, 2.75) is 26.7 Å². The molecule has 1 aromatic carbocycles. The molecule has 0 unspecified atom stereocenters. The van der Waals surface area contributed by atoms with E-state index in [9.17, 15) is 0 Å². The molecule has 0 aliphatic rings. The van der Waals surface area contributed by atoms with Crippen LogP contribution in [0.1, 0.15) is 25.0 Å². The average molecular weight is 186 g/mol. The fraction of sp³-hybridized carbons (Fsp3) is 0.286. The molecule has 1 rings (SSSR count). The van der Waals surface area contributed by atoms with Gasteiger partial charge in [0.05, 0.1) is 0 Å². The van der Waals surface area contributed by atoms with Gasteiger partial charge in [-0.15, -0.1) is 0 Å². The van der Waals surface area contributed by atoms with Crippen LogP contribution >= 0.6 is 0 Å². The number of benzene rings is 1. The van der Waals surface area contributed by atoms with Gasteiger partial charge in [-0.25, -0.2) is 0 Å². The van der Waals surface area contributed by atoms with Gasteiger partial charge < -0.3 is 0 Å². The lowest BCUT2D eigenvalue weighted by Crippen LogP contribution is -1.90. The molecule has 0 atom stereocenters. The lowest BCUT2D eigenvalue weighted by molar-refractivity contribution is 1.14. The first-order chi connectivity index (χ1) is 6.88. The maximum absolute atomic E-state index is 2.21. The van der Waals surface area contributed by atoms with Crippen molar-refractivity contribution in [3.05, 3.63) is 59.7 Å². The predicted molar refractivity (Wildman–Crippen MR) is 63.5 cm³/mol. The van der Waals surface area contributed by atoms with Crippen molar-refractivity contribution in [2.24, 2.45) is 0 Å². The zero-order valence-electron chi connectivity index (χ0n) is 9.03. The van der Waals surface area contributed by atoms with Gasteiger partial charge in [-0.2, -0.15) is 0 Å². The van der Waals surface area contributed by atoms with Gasteiger partial charge in [0.25, 0.3) is 0 Å². The highest BCUT2D eigenvalue weighted by molar-refractivity contribution is 5.30. The normalized spacial score (nSPS) is 11.6. The van der Waals surface area contributed by atoms with Crippen LogP contribution in [0.15, 0.2) is 48.6 Å². The highest BCUT2D eigenvalue weighted by Crippen LogP contribution is 2.11. The van der Waals surface area contributed by atoms with Crippen molar-refractivity contribution in [1.82, 2.24) is 0 Å². The summed E-state index contributed by atoms with van der Waals surface area (Å²) in [6.07, 6.45) is 10.7. The quantitative estimate of drug-likeness (QED) is 0.625. The smallest absolute Gasteiger partial charge is 0.00947 e. The standard InChI is InChI=1S/C14H18/c1-3-5-9-13-11-7-8-12-14(13)10-6-4-2/h3-8,11-12H,9-10H2,1-2H3. The minimum atomic E-state index is 1.05. The summed E-state index contributed by atoms with van der Waals surface area (Å²) in [5.41, 5.74) is 2.87. The van der Waals surface area contributed by atoms with Gasteiger partial charge in [-0.1, -0.05) is 48.6 Å². The van der Waals surface area contributed by atoms with E-state index < -0.39 is 0 Å². The van der Waals surface area contributed by atoms with Gasteiger partial charge in [0.1, 0.15) is 0 Å². The third-order valence-corrected chi connectivity index (χ3v) is 2.27. The second-order valence-electron chi connectivity index (χ2n) is 3.32. The van der Waals surface area contributed by atoms with Gasteiger partial charge in [-0.3, -0.25) is 0 Å². The van der Waals surface area contributed by atoms with Crippen LogP contribution in [0.25, 0.3) is 0 Å². The first kappa shape index (κ1) is 10.8. The molecule has 0 heterocycles. The minimum absolute atomic E-state index is 1.05. The zero-order valence-corrected chi connectivity index (χ0v) is 9.03. The van der Waals surface area contributed by atoms with Crippen LogP contribution < -0.4 is 0 Å². The fourth-order valence-electron chi connectivity index (χ4n) is 1.45. The zero-order chi connectivity index (χ0) is 10.2. The summed E-state index contributed by atoms with van der Waals surface area (Å²) in [6, 6.07) is 8.63. The van der Waals surface area contributed by atoms with E-state index >= 15 is 0 Å². The van der Waals surface area contributed by atoms with Crippen LogP contribution in [0.4, 0.5) is 0 Å². The average Bonchev–Trinajstić information content (AvgIpc) is 2.24. The second kappa shape index (κ2) is 6.20. The Morgan fingerprint density at radius 1 is 0.857 bits per heavy atom. The number of hydrogen-bond acceptors (Lipinski definition) is 0. The van der Waals surface area contributed by atoms with E-state index in [1.807, 2.05) is 0 Å². The Hall–Kier alpha value is -1.30. The van der Waals surface area contributed by atoms with Gasteiger partial charge >= 0.3 is 0 Å². The molecule has 0 amide bonds. The van der Waals surface area contributed by atoms with Crippen LogP contribution in [0, 0.1) is 0 Å². The Morgan fingerprint density at radius 2 is 1.29 bits per heavy atom. The third-order valence-electron chi connectivity index (χ3n) is 2.27. The molecule has 14 heavy (non-hydrogen) atoms. The van der Waals surface area contributed by atoms with E-state index in [-0.39, 0.29) is 0 Å². The maximum Gasteiger partial charge on any atom is -0.00947 e. The molecule has 0 radical (unpaired) electrons. The van der Waals surface area contributed by atoms with Crippen molar-refractivity contribution >= 4 is 0 Å². The molecule has 0 heteroatoms. The highest BCUT2D eigenvalue weighted by atomic mass is 14.0. The summed E-state index contributed by atoms with van der Waals surface area (Å²) in [7, 11) is 0. The first-order valence-electron chi connectivity index (χ1n) is 5.17. The first-order valence-corrected chi connectivity index (χ1v) is 5.17. The Labute approximate surface area is 87.0 Å². The molecule has 0 spiro atoms. The molecule has 0 nitrogen and oxygen atoms in total. The van der Waals surface area contributed by atoms with Crippen LogP contribution in [0.3, 0.4) is 0 Å². The molecule has 0 fully saturated rings. The SMILES string of the molecule is CC=CCc1ccccc1CC=CC. The Kier molecular flexibility index (Phi) is 4.77. The number of hydrogen-bond donors (Lipinski definition) is 0. The second-order valence-corrected chi connectivity index (χ2v) is 3.32. The van der Waals surface area contributed by atoms with Gasteiger partial charge in [0.15, 0.2) is 0 Å². The molecule has 0 N–H and O–H groups in total. The highest BCUT2D eigenvalue weighted by Gasteiger charge is 1.96. The molecule has 0 aromatic heterocycles. The van der Waals surface area contributed by atoms with Gasteiger partial charge in [-0.05, 0) is 37.8 Å². The summed E-state index contributed by atoms with van der Waals surface area (Å²) < 4.78 is 0. The van der Waals surface area contributed by atoms with Crippen molar-refractivity contribution < 1.29 is 0 Å². The van der Waals surface area contributed by atoms with E-state index in [1.165, 1.54) is 11.1 Å². The van der Waals surface area contributed by atoms with Crippen LogP contribution in [-0.4, -0.2) is 0 Å². The lowest BCUT2D eigenvalue weighted by Gasteiger charge is -2.04. The molecular weight excluding hydrogens is 168 g/mol. The Balaban J connectivity index is 2.79. The fourth-order valence-corrected chi connectivity index (χ4v) is 1.45. The molecule has 0 aliphatic heterocycles. The summed E-state index contributed by atoms with van der Waals surface area (Å²) in [5, 5.41) is 0. The predicted octanol–water partition coefficient (Wildman–Crippen LogP) is 3.92.